The second-order valence-corrected chi connectivity index (χ2v) is 3.89. The van der Waals surface area contributed by atoms with Gasteiger partial charge in [-0.15, -0.1) is 11.6 Å². The summed E-state index contributed by atoms with van der Waals surface area (Å²) in [6, 6.07) is 1.42. The van der Waals surface area contributed by atoms with E-state index in [-0.39, 0.29) is 5.56 Å². The molecule has 0 spiro atoms. The van der Waals surface area contributed by atoms with Crippen LogP contribution in [0.4, 0.5) is 13.2 Å². The van der Waals surface area contributed by atoms with Crippen molar-refractivity contribution >= 4 is 17.5 Å². The van der Waals surface area contributed by atoms with E-state index in [0.717, 1.165) is 0 Å². The molecule has 0 radical (unpaired) electrons. The largest absolute Gasteiger partial charge is 0.355 e. The third-order valence-electron chi connectivity index (χ3n) is 2.08. The van der Waals surface area contributed by atoms with Crippen molar-refractivity contribution in [1.82, 2.24) is 5.32 Å². The van der Waals surface area contributed by atoms with Gasteiger partial charge in [-0.1, -0.05) is 6.92 Å². The molecule has 1 atom stereocenters. The maximum Gasteiger partial charge on any atom is 0.242 e. The molecule has 94 valence electrons. The standard InChI is InChI=1S/C11H11ClF3NO/c1-2-3-16-11(17)9(12)6-4-7(13)10(15)8(14)5-6/h4-5,9H,2-3H2,1H3,(H,16,17). The highest BCUT2D eigenvalue weighted by atomic mass is 35.5. The average Bonchev–Trinajstić information content (AvgIpc) is 2.31. The minimum atomic E-state index is -1.58. The van der Waals surface area contributed by atoms with Crippen LogP contribution in [0.3, 0.4) is 0 Å². The van der Waals surface area contributed by atoms with Crippen molar-refractivity contribution in [3.63, 3.8) is 0 Å². The third kappa shape index (κ3) is 3.36. The normalized spacial score (nSPS) is 12.3. The molecule has 2 nitrogen and oxygen atoms in total. The Bertz CT molecular complexity index is 402. The van der Waals surface area contributed by atoms with Crippen molar-refractivity contribution < 1.29 is 18.0 Å². The molecule has 0 aliphatic rings. The fourth-order valence-electron chi connectivity index (χ4n) is 1.21. The van der Waals surface area contributed by atoms with Crippen molar-refractivity contribution in [3.8, 4) is 0 Å². The molecule has 1 aromatic rings. The number of hydrogen-bond acceptors (Lipinski definition) is 1. The van der Waals surface area contributed by atoms with Crippen LogP contribution in [0.15, 0.2) is 12.1 Å². The van der Waals surface area contributed by atoms with Gasteiger partial charge in [-0.3, -0.25) is 4.79 Å². The van der Waals surface area contributed by atoms with E-state index in [1.165, 1.54) is 0 Å². The van der Waals surface area contributed by atoms with Gasteiger partial charge in [0.05, 0.1) is 0 Å². The average molecular weight is 266 g/mol. The van der Waals surface area contributed by atoms with Crippen LogP contribution in [-0.4, -0.2) is 12.5 Å². The molecule has 1 N–H and O–H groups in total. The van der Waals surface area contributed by atoms with Crippen LogP contribution in [0.2, 0.25) is 0 Å². The fraction of sp³-hybridized carbons (Fsp3) is 0.364. The SMILES string of the molecule is CCCNC(=O)C(Cl)c1cc(F)c(F)c(F)c1. The number of alkyl halides is 1. The Hall–Kier alpha value is -1.23. The highest BCUT2D eigenvalue weighted by molar-refractivity contribution is 6.30. The Kier molecular flexibility index (Phi) is 4.81. The molecule has 1 amide bonds. The second-order valence-electron chi connectivity index (χ2n) is 3.45. The molecule has 0 bridgehead atoms. The van der Waals surface area contributed by atoms with Crippen LogP contribution in [0.5, 0.6) is 0 Å². The Morgan fingerprint density at radius 3 is 2.35 bits per heavy atom. The van der Waals surface area contributed by atoms with Crippen LogP contribution in [0.25, 0.3) is 0 Å². The number of halogens is 4. The van der Waals surface area contributed by atoms with Gasteiger partial charge in [0.15, 0.2) is 17.5 Å². The van der Waals surface area contributed by atoms with Gasteiger partial charge in [-0.2, -0.15) is 0 Å². The van der Waals surface area contributed by atoms with E-state index in [2.05, 4.69) is 5.32 Å². The molecule has 0 saturated heterocycles. The first kappa shape index (κ1) is 13.8. The lowest BCUT2D eigenvalue weighted by Gasteiger charge is -2.10. The number of rotatable bonds is 4. The quantitative estimate of drug-likeness (QED) is 0.658. The minimum absolute atomic E-state index is 0.114. The van der Waals surface area contributed by atoms with Gasteiger partial charge in [0.2, 0.25) is 5.91 Å². The summed E-state index contributed by atoms with van der Waals surface area (Å²) in [6.45, 7) is 2.26. The summed E-state index contributed by atoms with van der Waals surface area (Å²) in [4.78, 5) is 11.4. The van der Waals surface area contributed by atoms with Gasteiger partial charge < -0.3 is 5.32 Å². The van der Waals surface area contributed by atoms with Crippen LogP contribution in [0, 0.1) is 17.5 Å². The lowest BCUT2D eigenvalue weighted by Crippen LogP contribution is -2.27. The van der Waals surface area contributed by atoms with Gasteiger partial charge >= 0.3 is 0 Å². The number of carbonyl (C=O) groups excluding carboxylic acids is 1. The van der Waals surface area contributed by atoms with E-state index < -0.39 is 28.7 Å². The lowest BCUT2D eigenvalue weighted by molar-refractivity contribution is -0.120. The van der Waals surface area contributed by atoms with Gasteiger partial charge in [0.25, 0.3) is 0 Å². The number of nitrogens with one attached hydrogen (secondary N) is 1. The molecule has 0 aliphatic carbocycles. The molecule has 1 rings (SSSR count). The topological polar surface area (TPSA) is 29.1 Å². The van der Waals surface area contributed by atoms with Crippen molar-refractivity contribution in [2.75, 3.05) is 6.54 Å². The Labute approximate surface area is 102 Å². The third-order valence-corrected chi connectivity index (χ3v) is 2.53. The highest BCUT2D eigenvalue weighted by Crippen LogP contribution is 2.24. The first-order chi connectivity index (χ1) is 7.97. The van der Waals surface area contributed by atoms with Crippen LogP contribution < -0.4 is 5.32 Å². The van der Waals surface area contributed by atoms with Crippen molar-refractivity contribution in [2.45, 2.75) is 18.7 Å². The van der Waals surface area contributed by atoms with Gasteiger partial charge in [-0.05, 0) is 24.1 Å². The number of benzene rings is 1. The second kappa shape index (κ2) is 5.91. The molecular weight excluding hydrogens is 255 g/mol. The van der Waals surface area contributed by atoms with E-state index in [1.54, 1.807) is 0 Å². The lowest BCUT2D eigenvalue weighted by atomic mass is 10.1. The van der Waals surface area contributed by atoms with Crippen LogP contribution in [-0.2, 0) is 4.79 Å². The maximum atomic E-state index is 12.9. The number of carbonyl (C=O) groups is 1. The molecular formula is C11H11ClF3NO. The summed E-state index contributed by atoms with van der Waals surface area (Å²) >= 11 is 5.72. The number of hydrogen-bond donors (Lipinski definition) is 1. The molecule has 6 heteroatoms. The molecule has 0 aliphatic heterocycles. The first-order valence-electron chi connectivity index (χ1n) is 5.03. The van der Waals surface area contributed by atoms with Crippen molar-refractivity contribution in [2.24, 2.45) is 0 Å². The van der Waals surface area contributed by atoms with Crippen LogP contribution in [0.1, 0.15) is 24.3 Å². The van der Waals surface area contributed by atoms with Gasteiger partial charge in [-0.25, -0.2) is 13.2 Å². The Balaban J connectivity index is 2.89. The predicted octanol–water partition coefficient (Wildman–Crippen LogP) is 2.91. The predicted molar refractivity (Wildman–Crippen MR) is 58.2 cm³/mol. The molecule has 17 heavy (non-hydrogen) atoms. The van der Waals surface area contributed by atoms with E-state index in [1.807, 2.05) is 6.92 Å². The first-order valence-corrected chi connectivity index (χ1v) is 5.47. The summed E-state index contributed by atoms with van der Waals surface area (Å²) in [5.74, 6) is -4.88. The summed E-state index contributed by atoms with van der Waals surface area (Å²) in [7, 11) is 0. The molecule has 0 heterocycles. The molecule has 1 unspecified atom stereocenters. The van der Waals surface area contributed by atoms with Crippen LogP contribution >= 0.6 is 11.6 Å². The van der Waals surface area contributed by atoms with Crippen molar-refractivity contribution in [3.05, 3.63) is 35.1 Å². The Morgan fingerprint density at radius 2 is 1.88 bits per heavy atom. The van der Waals surface area contributed by atoms with E-state index in [9.17, 15) is 18.0 Å². The van der Waals surface area contributed by atoms with E-state index >= 15 is 0 Å². The smallest absolute Gasteiger partial charge is 0.242 e. The summed E-state index contributed by atoms with van der Waals surface area (Å²) in [6.07, 6.45) is 0.710. The zero-order chi connectivity index (χ0) is 13.0. The molecule has 0 saturated carbocycles. The summed E-state index contributed by atoms with van der Waals surface area (Å²) < 4.78 is 38.5. The minimum Gasteiger partial charge on any atom is -0.355 e. The summed E-state index contributed by atoms with van der Waals surface area (Å²) in [5, 5.41) is 1.23. The Morgan fingerprint density at radius 1 is 1.35 bits per heavy atom. The zero-order valence-electron chi connectivity index (χ0n) is 9.07. The summed E-state index contributed by atoms with van der Waals surface area (Å²) in [5.41, 5.74) is -0.114. The monoisotopic (exact) mass is 265 g/mol. The maximum absolute atomic E-state index is 12.9. The molecule has 1 aromatic carbocycles. The van der Waals surface area contributed by atoms with E-state index in [4.69, 9.17) is 11.6 Å². The van der Waals surface area contributed by atoms with E-state index in [0.29, 0.717) is 25.1 Å². The van der Waals surface area contributed by atoms with Gasteiger partial charge in [0.1, 0.15) is 5.38 Å². The number of amides is 1. The highest BCUT2D eigenvalue weighted by Gasteiger charge is 2.21. The molecule has 0 fully saturated rings. The zero-order valence-corrected chi connectivity index (χ0v) is 9.82. The van der Waals surface area contributed by atoms with Gasteiger partial charge in [0, 0.05) is 6.54 Å². The van der Waals surface area contributed by atoms with Crippen molar-refractivity contribution in [1.29, 1.82) is 0 Å². The molecule has 0 aromatic heterocycles. The fourth-order valence-corrected chi connectivity index (χ4v) is 1.41.